The number of morpholine rings is 1. The van der Waals surface area contributed by atoms with Crippen LogP contribution in [0.5, 0.6) is 0 Å². The van der Waals surface area contributed by atoms with E-state index in [1.54, 1.807) is 12.1 Å². The van der Waals surface area contributed by atoms with Gasteiger partial charge in [-0.15, -0.1) is 0 Å². The van der Waals surface area contributed by atoms with Gasteiger partial charge in [-0.2, -0.15) is 0 Å². The summed E-state index contributed by atoms with van der Waals surface area (Å²) in [6, 6.07) is 3.26. The summed E-state index contributed by atoms with van der Waals surface area (Å²) in [4.78, 5) is 4.03. The Balaban J connectivity index is 2.18. The van der Waals surface area contributed by atoms with Gasteiger partial charge in [-0.1, -0.05) is 11.6 Å². The van der Waals surface area contributed by atoms with Crippen molar-refractivity contribution in [2.24, 2.45) is 0 Å². The smallest absolute Gasteiger partial charge is 0.112 e. The van der Waals surface area contributed by atoms with Gasteiger partial charge in [-0.25, -0.2) is 0 Å². The van der Waals surface area contributed by atoms with Crippen LogP contribution in [0.3, 0.4) is 0 Å². The summed E-state index contributed by atoms with van der Waals surface area (Å²) in [6.07, 6.45) is 0.810. The molecule has 0 aliphatic carbocycles. The Hall–Kier alpha value is -0.640. The summed E-state index contributed by atoms with van der Waals surface area (Å²) in [5.41, 5.74) is 0.515. The van der Waals surface area contributed by atoms with Crippen LogP contribution in [-0.2, 0) is 4.74 Å². The highest BCUT2D eigenvalue weighted by Gasteiger charge is 2.16. The summed E-state index contributed by atoms with van der Waals surface area (Å²) < 4.78 is 35.0. The largest absolute Gasteiger partial charge is 0.369 e. The van der Waals surface area contributed by atoms with Crippen molar-refractivity contribution in [3.63, 3.8) is 0 Å². The van der Waals surface area contributed by atoms with E-state index in [9.17, 15) is 0 Å². The standard InChI is InChI=1S/C9H11ClN2O/c10-7-1-2-8(12-5-7)9-6-11-3-4-13-9/h1-2,5,9,11H,3-4,6H2/t9-/m1/s1/i3D2,4D2. The molecule has 1 fully saturated rings. The van der Waals surface area contributed by atoms with Crippen molar-refractivity contribution in [3.8, 4) is 0 Å². The highest BCUT2D eigenvalue weighted by molar-refractivity contribution is 6.30. The SMILES string of the molecule is [2H]C1([2H])NC[C@H](c2ccc(Cl)cn2)OC1([2H])[2H]. The molecule has 1 aromatic heterocycles. The minimum absolute atomic E-state index is 0.154. The Morgan fingerprint density at radius 1 is 1.69 bits per heavy atom. The van der Waals surface area contributed by atoms with Crippen LogP contribution in [0.25, 0.3) is 0 Å². The van der Waals surface area contributed by atoms with Crippen LogP contribution in [0.15, 0.2) is 18.3 Å². The average molecular weight is 203 g/mol. The maximum atomic E-state index is 7.50. The summed E-state index contributed by atoms with van der Waals surface area (Å²) in [6.45, 7) is -4.46. The van der Waals surface area contributed by atoms with E-state index in [2.05, 4.69) is 10.3 Å². The number of rotatable bonds is 1. The predicted octanol–water partition coefficient (Wildman–Crippen LogP) is 1.40. The lowest BCUT2D eigenvalue weighted by Crippen LogP contribution is -2.33. The molecule has 1 saturated heterocycles. The number of aromatic nitrogens is 1. The van der Waals surface area contributed by atoms with Gasteiger partial charge < -0.3 is 10.1 Å². The van der Waals surface area contributed by atoms with Crippen LogP contribution in [0, 0.1) is 0 Å². The molecule has 1 aliphatic rings. The maximum Gasteiger partial charge on any atom is 0.112 e. The van der Waals surface area contributed by atoms with Gasteiger partial charge in [0, 0.05) is 22.0 Å². The lowest BCUT2D eigenvalue weighted by molar-refractivity contribution is 0.0250. The van der Waals surface area contributed by atoms with E-state index in [1.807, 2.05) is 0 Å². The molecule has 70 valence electrons. The Labute approximate surface area is 87.7 Å². The number of ether oxygens (including phenoxy) is 1. The molecule has 13 heavy (non-hydrogen) atoms. The summed E-state index contributed by atoms with van der Waals surface area (Å²) in [5.74, 6) is 0. The van der Waals surface area contributed by atoms with Crippen LogP contribution in [0.2, 0.25) is 5.02 Å². The van der Waals surface area contributed by atoms with Crippen molar-refractivity contribution < 1.29 is 10.2 Å². The van der Waals surface area contributed by atoms with Crippen LogP contribution in [-0.4, -0.2) is 24.6 Å². The monoisotopic (exact) mass is 202 g/mol. The first-order chi connectivity index (χ1) is 7.82. The fourth-order valence-electron chi connectivity index (χ4n) is 1.06. The van der Waals surface area contributed by atoms with Crippen molar-refractivity contribution >= 4 is 11.6 Å². The molecule has 1 aromatic rings. The van der Waals surface area contributed by atoms with Gasteiger partial charge in [-0.05, 0) is 12.1 Å². The molecule has 0 unspecified atom stereocenters. The number of pyridine rings is 1. The van der Waals surface area contributed by atoms with E-state index >= 15 is 0 Å². The zero-order chi connectivity index (χ0) is 12.7. The summed E-state index contributed by atoms with van der Waals surface area (Å²) in [7, 11) is 0. The Bertz CT molecular complexity index is 412. The number of halogens is 1. The highest BCUT2D eigenvalue weighted by atomic mass is 35.5. The molecule has 0 amide bonds. The second-order valence-corrected chi connectivity index (χ2v) is 3.05. The number of hydrogen-bond acceptors (Lipinski definition) is 3. The van der Waals surface area contributed by atoms with Gasteiger partial charge in [0.2, 0.25) is 0 Å². The van der Waals surface area contributed by atoms with Crippen LogP contribution in [0.4, 0.5) is 0 Å². The zero-order valence-corrected chi connectivity index (χ0v) is 7.51. The van der Waals surface area contributed by atoms with Crippen molar-refractivity contribution in [2.45, 2.75) is 6.10 Å². The molecule has 2 heterocycles. The lowest BCUT2D eigenvalue weighted by Gasteiger charge is -2.22. The minimum atomic E-state index is -2.41. The first-order valence-electron chi connectivity index (χ1n) is 5.86. The topological polar surface area (TPSA) is 34.2 Å². The third kappa shape index (κ3) is 2.18. The second-order valence-electron chi connectivity index (χ2n) is 2.62. The van der Waals surface area contributed by atoms with Crippen molar-refractivity contribution in [3.05, 3.63) is 29.0 Å². The fraction of sp³-hybridized carbons (Fsp3) is 0.444. The fourth-order valence-corrected chi connectivity index (χ4v) is 1.18. The third-order valence-corrected chi connectivity index (χ3v) is 1.93. The molecule has 1 N–H and O–H groups in total. The number of nitrogens with one attached hydrogen (secondary N) is 1. The van der Waals surface area contributed by atoms with Gasteiger partial charge >= 0.3 is 0 Å². The maximum absolute atomic E-state index is 7.50. The molecule has 0 bridgehead atoms. The number of nitrogens with zero attached hydrogens (tertiary/aromatic N) is 1. The van der Waals surface area contributed by atoms with E-state index in [1.165, 1.54) is 6.20 Å². The second kappa shape index (κ2) is 4.05. The first kappa shape index (κ1) is 5.29. The Kier molecular flexibility index (Phi) is 1.65. The van der Waals surface area contributed by atoms with Gasteiger partial charge in [0.1, 0.15) is 6.10 Å². The van der Waals surface area contributed by atoms with Gasteiger partial charge in [0.05, 0.1) is 20.0 Å². The van der Waals surface area contributed by atoms with Gasteiger partial charge in [0.15, 0.2) is 0 Å². The summed E-state index contributed by atoms with van der Waals surface area (Å²) >= 11 is 5.70. The Morgan fingerprint density at radius 3 is 3.31 bits per heavy atom. The Morgan fingerprint density at radius 2 is 2.62 bits per heavy atom. The molecule has 0 spiro atoms. The molecular formula is C9H11ClN2O. The molecule has 0 radical (unpaired) electrons. The van der Waals surface area contributed by atoms with Crippen LogP contribution >= 0.6 is 11.6 Å². The molecule has 0 aromatic carbocycles. The van der Waals surface area contributed by atoms with Crippen LogP contribution < -0.4 is 5.32 Å². The normalized spacial score (nSPS) is 35.3. The lowest BCUT2D eigenvalue weighted by atomic mass is 10.2. The van der Waals surface area contributed by atoms with Gasteiger partial charge in [-0.3, -0.25) is 4.98 Å². The molecule has 3 nitrogen and oxygen atoms in total. The van der Waals surface area contributed by atoms with Crippen LogP contribution in [0.1, 0.15) is 17.3 Å². The van der Waals surface area contributed by atoms with Gasteiger partial charge in [0.25, 0.3) is 0 Å². The first-order valence-corrected chi connectivity index (χ1v) is 4.24. The van der Waals surface area contributed by atoms with Crippen molar-refractivity contribution in [1.82, 2.24) is 10.3 Å². The van der Waals surface area contributed by atoms with E-state index in [0.717, 1.165) is 0 Å². The molecule has 0 saturated carbocycles. The quantitative estimate of drug-likeness (QED) is 0.748. The van der Waals surface area contributed by atoms with Crippen molar-refractivity contribution in [2.75, 3.05) is 19.6 Å². The molecule has 1 aliphatic heterocycles. The van der Waals surface area contributed by atoms with Crippen molar-refractivity contribution in [1.29, 1.82) is 0 Å². The minimum Gasteiger partial charge on any atom is -0.369 e. The molecule has 2 rings (SSSR count). The van der Waals surface area contributed by atoms with E-state index in [-0.39, 0.29) is 6.54 Å². The van der Waals surface area contributed by atoms with E-state index in [0.29, 0.717) is 10.7 Å². The number of hydrogen-bond donors (Lipinski definition) is 1. The van der Waals surface area contributed by atoms with E-state index in [4.69, 9.17) is 21.8 Å². The third-order valence-electron chi connectivity index (χ3n) is 1.71. The average Bonchev–Trinajstić information content (AvgIpc) is 2.23. The predicted molar refractivity (Wildman–Crippen MR) is 50.8 cm³/mol. The molecule has 4 heteroatoms. The van der Waals surface area contributed by atoms with E-state index < -0.39 is 19.2 Å². The summed E-state index contributed by atoms with van der Waals surface area (Å²) in [5, 5.41) is 2.95. The zero-order valence-electron chi connectivity index (χ0n) is 10.7. The highest BCUT2D eigenvalue weighted by Crippen LogP contribution is 2.17. The molecule has 1 atom stereocenters. The molecular weight excluding hydrogens is 188 g/mol.